The van der Waals surface area contributed by atoms with Crippen molar-refractivity contribution in [2.24, 2.45) is 5.41 Å². The maximum Gasteiger partial charge on any atom is 0.311 e. The van der Waals surface area contributed by atoms with Gasteiger partial charge in [0.25, 0.3) is 0 Å². The summed E-state index contributed by atoms with van der Waals surface area (Å²) in [6.45, 7) is 9.04. The Balaban J connectivity index is 1.57. The van der Waals surface area contributed by atoms with Crippen molar-refractivity contribution < 1.29 is 19.1 Å². The Morgan fingerprint density at radius 1 is 1.16 bits per heavy atom. The number of ether oxygens (including phenoxy) is 2. The molecule has 0 fully saturated rings. The molecule has 1 aliphatic heterocycles. The average Bonchev–Trinajstić information content (AvgIpc) is 3.10. The number of rotatable bonds is 9. The second kappa shape index (κ2) is 9.96. The van der Waals surface area contributed by atoms with E-state index in [-0.39, 0.29) is 18.5 Å². The topological polar surface area (TPSA) is 76.7 Å². The first-order valence-corrected chi connectivity index (χ1v) is 10.7. The molecule has 1 heterocycles. The highest BCUT2D eigenvalue weighted by Crippen LogP contribution is 2.31. The van der Waals surface area contributed by atoms with Gasteiger partial charge in [-0.2, -0.15) is 0 Å². The highest BCUT2D eigenvalue weighted by Gasteiger charge is 2.27. The van der Waals surface area contributed by atoms with Crippen LogP contribution in [0.25, 0.3) is 0 Å². The van der Waals surface area contributed by atoms with Gasteiger partial charge < -0.3 is 20.1 Å². The largest absolute Gasteiger partial charge is 0.489 e. The molecular weight excluding hydrogens is 392 g/mol. The predicted molar refractivity (Wildman–Crippen MR) is 121 cm³/mol. The highest BCUT2D eigenvalue weighted by molar-refractivity contribution is 6.00. The van der Waals surface area contributed by atoms with E-state index in [1.54, 1.807) is 0 Å². The summed E-state index contributed by atoms with van der Waals surface area (Å²) < 4.78 is 11.7. The van der Waals surface area contributed by atoms with Gasteiger partial charge in [0.2, 0.25) is 5.91 Å². The molecule has 0 saturated carbocycles. The van der Waals surface area contributed by atoms with Crippen LogP contribution in [0.2, 0.25) is 0 Å². The normalized spacial score (nSPS) is 14.0. The Labute approximate surface area is 184 Å². The summed E-state index contributed by atoms with van der Waals surface area (Å²) in [7, 11) is 0. The molecule has 2 aromatic carbocycles. The van der Waals surface area contributed by atoms with Crippen molar-refractivity contribution in [1.29, 1.82) is 0 Å². The lowest BCUT2D eigenvalue weighted by Gasteiger charge is -2.24. The van der Waals surface area contributed by atoms with Gasteiger partial charge in [0.05, 0.1) is 11.8 Å². The highest BCUT2D eigenvalue weighted by atomic mass is 16.6. The Morgan fingerprint density at radius 2 is 1.90 bits per heavy atom. The van der Waals surface area contributed by atoms with Crippen LogP contribution in [-0.2, 0) is 27.2 Å². The number of esters is 1. The number of hydrogen-bond donors (Lipinski definition) is 2. The molecular formula is C25H32N2O4. The maximum atomic E-state index is 12.4. The molecule has 0 bridgehead atoms. The van der Waals surface area contributed by atoms with Crippen molar-refractivity contribution in [2.75, 3.05) is 25.0 Å². The van der Waals surface area contributed by atoms with Gasteiger partial charge >= 0.3 is 5.97 Å². The van der Waals surface area contributed by atoms with Gasteiger partial charge in [0.15, 0.2) is 0 Å². The molecule has 6 nitrogen and oxygen atoms in total. The van der Waals surface area contributed by atoms with E-state index in [1.165, 1.54) is 11.1 Å². The van der Waals surface area contributed by atoms with Crippen LogP contribution in [-0.4, -0.2) is 37.7 Å². The van der Waals surface area contributed by atoms with E-state index in [0.717, 1.165) is 24.2 Å². The average molecular weight is 425 g/mol. The Morgan fingerprint density at radius 3 is 2.61 bits per heavy atom. The van der Waals surface area contributed by atoms with E-state index in [1.807, 2.05) is 39.0 Å². The first-order chi connectivity index (χ1) is 14.7. The van der Waals surface area contributed by atoms with E-state index in [0.29, 0.717) is 18.7 Å². The number of carbonyl (C=O) groups is 2. The van der Waals surface area contributed by atoms with Crippen molar-refractivity contribution in [3.63, 3.8) is 0 Å². The number of anilines is 1. The summed E-state index contributed by atoms with van der Waals surface area (Å²) in [4.78, 5) is 24.2. The zero-order chi connectivity index (χ0) is 22.4. The molecule has 0 aromatic heterocycles. The zero-order valence-electron chi connectivity index (χ0n) is 18.8. The van der Waals surface area contributed by atoms with Gasteiger partial charge in [0.1, 0.15) is 18.5 Å². The van der Waals surface area contributed by atoms with Crippen LogP contribution in [0.5, 0.6) is 5.75 Å². The first-order valence-electron chi connectivity index (χ1n) is 10.7. The van der Waals surface area contributed by atoms with Crippen LogP contribution in [0.4, 0.5) is 5.69 Å². The molecule has 0 radical (unpaired) electrons. The van der Waals surface area contributed by atoms with Crippen LogP contribution in [0.1, 0.15) is 37.5 Å². The van der Waals surface area contributed by atoms with E-state index in [9.17, 15) is 9.59 Å². The van der Waals surface area contributed by atoms with Crippen LogP contribution in [0.3, 0.4) is 0 Å². The minimum Gasteiger partial charge on any atom is -0.489 e. The third-order valence-corrected chi connectivity index (χ3v) is 5.14. The Kier molecular flexibility index (Phi) is 7.33. The van der Waals surface area contributed by atoms with Gasteiger partial charge in [-0.15, -0.1) is 0 Å². The van der Waals surface area contributed by atoms with Gasteiger partial charge in [-0.25, -0.2) is 0 Å². The van der Waals surface area contributed by atoms with Crippen molar-refractivity contribution in [3.05, 3.63) is 59.2 Å². The molecule has 1 atom stereocenters. The minimum atomic E-state index is -0.593. The number of benzene rings is 2. The molecule has 2 aromatic rings. The molecule has 0 aliphatic carbocycles. The molecule has 166 valence electrons. The van der Waals surface area contributed by atoms with Gasteiger partial charge in [-0.3, -0.25) is 9.59 Å². The minimum absolute atomic E-state index is 0.0421. The number of hydrogen-bond acceptors (Lipinski definition) is 5. The number of aryl methyl sites for hydroxylation is 1. The third kappa shape index (κ3) is 6.56. The zero-order valence-corrected chi connectivity index (χ0v) is 18.8. The summed E-state index contributed by atoms with van der Waals surface area (Å²) in [6.07, 6.45) is 0.749. The van der Waals surface area contributed by atoms with Crippen LogP contribution >= 0.6 is 0 Å². The summed E-state index contributed by atoms with van der Waals surface area (Å²) in [5.41, 5.74) is 3.54. The summed E-state index contributed by atoms with van der Waals surface area (Å²) >= 11 is 0. The van der Waals surface area contributed by atoms with Crippen molar-refractivity contribution in [1.82, 2.24) is 5.32 Å². The molecule has 3 rings (SSSR count). The monoisotopic (exact) mass is 424 g/mol. The Hall–Kier alpha value is -2.86. The molecule has 31 heavy (non-hydrogen) atoms. The molecule has 0 spiro atoms. The number of nitrogens with one attached hydrogen (secondary N) is 2. The predicted octanol–water partition coefficient (Wildman–Crippen LogP) is 3.66. The lowest BCUT2D eigenvalue weighted by molar-refractivity contribution is -0.159. The second-order valence-corrected chi connectivity index (χ2v) is 9.04. The standard InChI is InChI=1S/C25H32N2O4/c1-17-8-10-18(11-9-17)12-13-26-15-19(31-24(29)25(2,3)4)16-30-22-7-5-6-21-20(22)14-23(28)27-21/h5-11,19,26H,12-16H2,1-4H3,(H,27,28). The quantitative estimate of drug-likeness (QED) is 0.475. The molecule has 0 saturated heterocycles. The van der Waals surface area contributed by atoms with Crippen LogP contribution in [0, 0.1) is 12.3 Å². The third-order valence-electron chi connectivity index (χ3n) is 5.14. The number of fused-ring (bicyclic) bond motifs is 1. The molecule has 1 aliphatic rings. The summed E-state index contributed by atoms with van der Waals surface area (Å²) in [5.74, 6) is 0.336. The maximum absolute atomic E-state index is 12.4. The Bertz CT molecular complexity index is 916. The van der Waals surface area contributed by atoms with E-state index < -0.39 is 11.5 Å². The first kappa shape index (κ1) is 22.8. The van der Waals surface area contributed by atoms with E-state index in [4.69, 9.17) is 9.47 Å². The molecule has 6 heteroatoms. The van der Waals surface area contributed by atoms with Gasteiger partial charge in [0, 0.05) is 17.8 Å². The number of amides is 1. The van der Waals surface area contributed by atoms with Gasteiger partial charge in [-0.1, -0.05) is 35.9 Å². The smallest absolute Gasteiger partial charge is 0.311 e. The summed E-state index contributed by atoms with van der Waals surface area (Å²) in [6, 6.07) is 14.0. The SMILES string of the molecule is Cc1ccc(CCNCC(COc2cccc3c2CC(=O)N3)OC(=O)C(C)(C)C)cc1. The van der Waals surface area contributed by atoms with Crippen molar-refractivity contribution >= 4 is 17.6 Å². The van der Waals surface area contributed by atoms with Crippen LogP contribution < -0.4 is 15.4 Å². The fourth-order valence-electron chi connectivity index (χ4n) is 3.25. The van der Waals surface area contributed by atoms with Crippen molar-refractivity contribution in [3.8, 4) is 5.75 Å². The lowest BCUT2D eigenvalue weighted by Crippen LogP contribution is -2.39. The molecule has 1 unspecified atom stereocenters. The number of carbonyl (C=O) groups excluding carboxylic acids is 2. The van der Waals surface area contributed by atoms with Gasteiger partial charge in [-0.05, 0) is 58.4 Å². The second-order valence-electron chi connectivity index (χ2n) is 9.04. The van der Waals surface area contributed by atoms with Crippen LogP contribution in [0.15, 0.2) is 42.5 Å². The van der Waals surface area contributed by atoms with E-state index >= 15 is 0 Å². The fraction of sp³-hybridized carbons (Fsp3) is 0.440. The summed E-state index contributed by atoms with van der Waals surface area (Å²) in [5, 5.41) is 6.20. The van der Waals surface area contributed by atoms with Crippen molar-refractivity contribution in [2.45, 2.75) is 46.6 Å². The fourth-order valence-corrected chi connectivity index (χ4v) is 3.25. The van der Waals surface area contributed by atoms with E-state index in [2.05, 4.69) is 41.8 Å². The molecule has 2 N–H and O–H groups in total. The molecule has 1 amide bonds. The lowest BCUT2D eigenvalue weighted by atomic mass is 9.97.